The molecule has 106 valence electrons. The van der Waals surface area contributed by atoms with E-state index in [-0.39, 0.29) is 28.3 Å². The zero-order chi connectivity index (χ0) is 14.5. The van der Waals surface area contributed by atoms with Gasteiger partial charge in [-0.1, -0.05) is 0 Å². The van der Waals surface area contributed by atoms with Crippen LogP contribution < -0.4 is 10.2 Å². The molecule has 8 heteroatoms. The first-order valence-electron chi connectivity index (χ1n) is 5.83. The summed E-state index contributed by atoms with van der Waals surface area (Å²) in [5.74, 6) is -0.335. The zero-order valence-electron chi connectivity index (χ0n) is 10.0. The van der Waals surface area contributed by atoms with Gasteiger partial charge < -0.3 is 5.32 Å². The van der Waals surface area contributed by atoms with Gasteiger partial charge in [-0.15, -0.1) is 0 Å². The Morgan fingerprint density at radius 1 is 1.15 bits per heavy atom. The SMILES string of the molecule is O=C1NC2(CC2)C(=O)N1c1ccc(SC(F)(F)F)cc1. The van der Waals surface area contributed by atoms with Crippen LogP contribution in [0.4, 0.5) is 23.7 Å². The lowest BCUT2D eigenvalue weighted by atomic mass is 10.2. The minimum Gasteiger partial charge on any atom is -0.323 e. The van der Waals surface area contributed by atoms with Gasteiger partial charge in [0.05, 0.1) is 5.69 Å². The summed E-state index contributed by atoms with van der Waals surface area (Å²) in [6.45, 7) is 0. The van der Waals surface area contributed by atoms with Crippen LogP contribution in [0.2, 0.25) is 0 Å². The fraction of sp³-hybridized carbons (Fsp3) is 0.333. The van der Waals surface area contributed by atoms with Crippen molar-refractivity contribution >= 4 is 29.4 Å². The molecule has 2 aliphatic rings. The highest BCUT2D eigenvalue weighted by Crippen LogP contribution is 2.43. The van der Waals surface area contributed by atoms with E-state index in [2.05, 4.69) is 5.32 Å². The Morgan fingerprint density at radius 3 is 2.20 bits per heavy atom. The molecule has 4 nitrogen and oxygen atoms in total. The Labute approximate surface area is 116 Å². The highest BCUT2D eigenvalue weighted by molar-refractivity contribution is 8.00. The second-order valence-corrected chi connectivity index (χ2v) is 5.83. The lowest BCUT2D eigenvalue weighted by molar-refractivity contribution is -0.119. The maximum absolute atomic E-state index is 12.2. The van der Waals surface area contributed by atoms with E-state index in [1.54, 1.807) is 0 Å². The molecule has 1 aliphatic heterocycles. The number of amides is 3. The van der Waals surface area contributed by atoms with E-state index in [0.29, 0.717) is 12.8 Å². The molecule has 1 saturated heterocycles. The number of alkyl halides is 3. The van der Waals surface area contributed by atoms with Crippen molar-refractivity contribution in [3.63, 3.8) is 0 Å². The minimum absolute atomic E-state index is 0.00874. The van der Waals surface area contributed by atoms with Crippen LogP contribution in [0.1, 0.15) is 12.8 Å². The average molecular weight is 302 g/mol. The summed E-state index contributed by atoms with van der Waals surface area (Å²) >= 11 is -0.238. The van der Waals surface area contributed by atoms with Crippen LogP contribution in [0.5, 0.6) is 0 Å². The zero-order valence-corrected chi connectivity index (χ0v) is 10.8. The highest BCUT2D eigenvalue weighted by Gasteiger charge is 2.59. The van der Waals surface area contributed by atoms with Crippen LogP contribution in [0.25, 0.3) is 0 Å². The van der Waals surface area contributed by atoms with E-state index in [4.69, 9.17) is 0 Å². The summed E-state index contributed by atoms with van der Waals surface area (Å²) in [7, 11) is 0. The number of nitrogens with zero attached hydrogens (tertiary/aromatic N) is 1. The van der Waals surface area contributed by atoms with Gasteiger partial charge in [0.2, 0.25) is 0 Å². The maximum atomic E-state index is 12.2. The lowest BCUT2D eigenvalue weighted by Gasteiger charge is -2.13. The van der Waals surface area contributed by atoms with Crippen LogP contribution in [0.3, 0.4) is 0 Å². The molecule has 1 aromatic carbocycles. The first kappa shape index (κ1) is 13.3. The summed E-state index contributed by atoms with van der Waals surface area (Å²) in [5, 5.41) is 2.61. The number of carbonyl (C=O) groups excluding carboxylic acids is 2. The van der Waals surface area contributed by atoms with Gasteiger partial charge in [0, 0.05) is 4.90 Å². The summed E-state index contributed by atoms with van der Waals surface area (Å²) < 4.78 is 36.6. The van der Waals surface area contributed by atoms with Crippen LogP contribution >= 0.6 is 11.8 Å². The van der Waals surface area contributed by atoms with Gasteiger partial charge in [-0.05, 0) is 48.9 Å². The third-order valence-electron chi connectivity index (χ3n) is 3.24. The Bertz CT molecular complexity index is 581. The number of anilines is 1. The summed E-state index contributed by atoms with van der Waals surface area (Å²) in [5.41, 5.74) is -4.85. The van der Waals surface area contributed by atoms with Crippen molar-refractivity contribution in [2.75, 3.05) is 4.90 Å². The molecule has 0 radical (unpaired) electrons. The number of carbonyl (C=O) groups is 2. The molecular formula is C12H9F3N2O2S. The molecule has 1 heterocycles. The summed E-state index contributed by atoms with van der Waals surface area (Å²) in [6, 6.07) is 4.64. The Kier molecular flexibility index (Phi) is 2.75. The van der Waals surface area contributed by atoms with E-state index in [1.807, 2.05) is 0 Å². The molecule has 3 rings (SSSR count). The van der Waals surface area contributed by atoms with Crippen molar-refractivity contribution < 1.29 is 22.8 Å². The van der Waals surface area contributed by atoms with E-state index in [0.717, 1.165) is 4.90 Å². The largest absolute Gasteiger partial charge is 0.446 e. The smallest absolute Gasteiger partial charge is 0.323 e. The van der Waals surface area contributed by atoms with Crippen LogP contribution in [-0.4, -0.2) is 23.0 Å². The van der Waals surface area contributed by atoms with Crippen LogP contribution in [0, 0.1) is 0 Å². The number of hydrogen-bond donors (Lipinski definition) is 1. The monoisotopic (exact) mass is 302 g/mol. The molecule has 0 unspecified atom stereocenters. The van der Waals surface area contributed by atoms with E-state index < -0.39 is 17.1 Å². The summed E-state index contributed by atoms with van der Waals surface area (Å²) in [6.07, 6.45) is 1.21. The molecule has 1 saturated carbocycles. The molecule has 20 heavy (non-hydrogen) atoms. The molecule has 3 amide bonds. The lowest BCUT2D eigenvalue weighted by Crippen LogP contribution is -2.32. The van der Waals surface area contributed by atoms with Gasteiger partial charge in [-0.2, -0.15) is 13.2 Å². The van der Waals surface area contributed by atoms with Gasteiger partial charge >= 0.3 is 11.5 Å². The van der Waals surface area contributed by atoms with Crippen molar-refractivity contribution in [2.24, 2.45) is 0 Å². The molecule has 2 fully saturated rings. The number of imide groups is 1. The Hall–Kier alpha value is -1.70. The van der Waals surface area contributed by atoms with E-state index in [9.17, 15) is 22.8 Å². The maximum Gasteiger partial charge on any atom is 0.446 e. The molecule has 0 atom stereocenters. The number of benzene rings is 1. The van der Waals surface area contributed by atoms with Gasteiger partial charge in [-0.3, -0.25) is 4.79 Å². The molecule has 1 aromatic rings. The number of rotatable bonds is 2. The summed E-state index contributed by atoms with van der Waals surface area (Å²) in [4.78, 5) is 24.8. The number of thioether (sulfide) groups is 1. The van der Waals surface area contributed by atoms with Crippen LogP contribution in [0.15, 0.2) is 29.2 Å². The Morgan fingerprint density at radius 2 is 1.75 bits per heavy atom. The molecule has 0 aromatic heterocycles. The topological polar surface area (TPSA) is 49.4 Å². The van der Waals surface area contributed by atoms with Crippen molar-refractivity contribution in [1.82, 2.24) is 5.32 Å². The average Bonchev–Trinajstić information content (AvgIpc) is 3.05. The quantitative estimate of drug-likeness (QED) is 0.675. The Balaban J connectivity index is 1.81. The van der Waals surface area contributed by atoms with Gasteiger partial charge in [0.15, 0.2) is 0 Å². The molecule has 1 spiro atoms. The molecule has 1 aliphatic carbocycles. The number of urea groups is 1. The van der Waals surface area contributed by atoms with E-state index in [1.165, 1.54) is 24.3 Å². The predicted molar refractivity (Wildman–Crippen MR) is 66.3 cm³/mol. The molecule has 0 bridgehead atoms. The molecular weight excluding hydrogens is 293 g/mol. The van der Waals surface area contributed by atoms with Gasteiger partial charge in [-0.25, -0.2) is 9.69 Å². The van der Waals surface area contributed by atoms with Crippen molar-refractivity contribution in [2.45, 2.75) is 28.8 Å². The third kappa shape index (κ3) is 2.24. The van der Waals surface area contributed by atoms with Crippen LogP contribution in [-0.2, 0) is 4.79 Å². The number of hydrogen-bond acceptors (Lipinski definition) is 3. The minimum atomic E-state index is -4.36. The van der Waals surface area contributed by atoms with Crippen molar-refractivity contribution in [3.05, 3.63) is 24.3 Å². The first-order chi connectivity index (χ1) is 9.31. The van der Waals surface area contributed by atoms with Crippen molar-refractivity contribution in [1.29, 1.82) is 0 Å². The third-order valence-corrected chi connectivity index (χ3v) is 3.98. The van der Waals surface area contributed by atoms with Gasteiger partial charge in [0.1, 0.15) is 5.54 Å². The van der Waals surface area contributed by atoms with Crippen molar-refractivity contribution in [3.8, 4) is 0 Å². The second-order valence-electron chi connectivity index (χ2n) is 4.69. The number of nitrogens with one attached hydrogen (secondary N) is 1. The fourth-order valence-corrected chi connectivity index (χ4v) is 2.65. The highest BCUT2D eigenvalue weighted by atomic mass is 32.2. The fourth-order valence-electron chi connectivity index (χ4n) is 2.12. The predicted octanol–water partition coefficient (Wildman–Crippen LogP) is 2.89. The molecule has 1 N–H and O–H groups in total. The second kappa shape index (κ2) is 4.15. The number of halogens is 3. The van der Waals surface area contributed by atoms with Gasteiger partial charge in [0.25, 0.3) is 5.91 Å². The first-order valence-corrected chi connectivity index (χ1v) is 6.65. The standard InChI is InChI=1S/C12H9F3N2O2S/c13-12(14,15)20-8-3-1-7(2-4-8)17-9(18)11(5-6-11)16-10(17)19/h1-4H,5-6H2,(H,16,19). The normalized spacial score (nSPS) is 20.4. The van der Waals surface area contributed by atoms with E-state index >= 15 is 0 Å².